The Morgan fingerprint density at radius 3 is 2.50 bits per heavy atom. The van der Waals surface area contributed by atoms with Gasteiger partial charge in [-0.15, -0.1) is 0 Å². The van der Waals surface area contributed by atoms with Gasteiger partial charge in [-0.25, -0.2) is 0 Å². The van der Waals surface area contributed by atoms with Crippen LogP contribution in [0.15, 0.2) is 30.3 Å². The maximum Gasteiger partial charge on any atom is 0.261 e. The molecule has 86 valence electrons. The second kappa shape index (κ2) is 5.85. The summed E-state index contributed by atoms with van der Waals surface area (Å²) in [6, 6.07) is 9.90. The van der Waals surface area contributed by atoms with E-state index in [1.807, 2.05) is 30.3 Å². The molecule has 0 aromatic heterocycles. The monoisotopic (exact) mass is 235 g/mol. The standard InChI is InChI=1S/C13H17NOS/c16-13(14-11-7-3-1-4-8-11)15-12-9-5-2-6-10-12/h1,3-4,7-8,12H,2,5-6,9-10H2,(H,14,16). The number of ether oxygens (including phenoxy) is 1. The van der Waals surface area contributed by atoms with Crippen molar-refractivity contribution in [2.45, 2.75) is 38.2 Å². The minimum atomic E-state index is 0.317. The average Bonchev–Trinajstić information content (AvgIpc) is 2.31. The van der Waals surface area contributed by atoms with Crippen LogP contribution in [0.3, 0.4) is 0 Å². The third-order valence-corrected chi connectivity index (χ3v) is 3.04. The summed E-state index contributed by atoms with van der Waals surface area (Å²) in [4.78, 5) is 0. The molecule has 0 bridgehead atoms. The molecule has 1 aromatic carbocycles. The van der Waals surface area contributed by atoms with Crippen molar-refractivity contribution in [1.29, 1.82) is 0 Å². The van der Waals surface area contributed by atoms with Crippen LogP contribution in [-0.2, 0) is 4.74 Å². The second-order valence-corrected chi connectivity index (χ2v) is 4.53. The third kappa shape index (κ3) is 3.49. The Hall–Kier alpha value is -1.09. The van der Waals surface area contributed by atoms with Crippen molar-refractivity contribution in [3.05, 3.63) is 30.3 Å². The van der Waals surface area contributed by atoms with Gasteiger partial charge in [-0.1, -0.05) is 24.6 Å². The van der Waals surface area contributed by atoms with E-state index in [0.717, 1.165) is 18.5 Å². The van der Waals surface area contributed by atoms with Crippen molar-refractivity contribution >= 4 is 23.1 Å². The lowest BCUT2D eigenvalue weighted by molar-refractivity contribution is 0.147. The molecule has 1 N–H and O–H groups in total. The Kier molecular flexibility index (Phi) is 4.17. The molecular formula is C13H17NOS. The summed E-state index contributed by atoms with van der Waals surface area (Å²) >= 11 is 5.18. The second-order valence-electron chi connectivity index (χ2n) is 4.16. The largest absolute Gasteiger partial charge is 0.468 e. The van der Waals surface area contributed by atoms with Gasteiger partial charge in [0.25, 0.3) is 5.17 Å². The third-order valence-electron chi connectivity index (χ3n) is 2.85. The fourth-order valence-corrected chi connectivity index (χ4v) is 2.26. The van der Waals surface area contributed by atoms with E-state index < -0.39 is 0 Å². The highest BCUT2D eigenvalue weighted by atomic mass is 32.1. The molecule has 1 aliphatic carbocycles. The summed E-state index contributed by atoms with van der Waals surface area (Å²) in [5.41, 5.74) is 0.989. The molecule has 2 nitrogen and oxygen atoms in total. The first-order chi connectivity index (χ1) is 7.84. The Labute approximate surface area is 102 Å². The molecule has 1 fully saturated rings. The van der Waals surface area contributed by atoms with Gasteiger partial charge >= 0.3 is 0 Å². The van der Waals surface area contributed by atoms with Gasteiger partial charge in [0.05, 0.1) is 0 Å². The highest BCUT2D eigenvalue weighted by molar-refractivity contribution is 7.80. The highest BCUT2D eigenvalue weighted by Crippen LogP contribution is 2.20. The smallest absolute Gasteiger partial charge is 0.261 e. The Morgan fingerprint density at radius 1 is 1.12 bits per heavy atom. The molecular weight excluding hydrogens is 218 g/mol. The highest BCUT2D eigenvalue weighted by Gasteiger charge is 2.15. The summed E-state index contributed by atoms with van der Waals surface area (Å²) in [6.07, 6.45) is 6.45. The summed E-state index contributed by atoms with van der Waals surface area (Å²) in [6.45, 7) is 0. The van der Waals surface area contributed by atoms with Gasteiger partial charge in [-0.2, -0.15) is 0 Å². The number of para-hydroxylation sites is 1. The van der Waals surface area contributed by atoms with Crippen molar-refractivity contribution in [3.8, 4) is 0 Å². The van der Waals surface area contributed by atoms with Gasteiger partial charge in [0, 0.05) is 5.69 Å². The molecule has 0 unspecified atom stereocenters. The van der Waals surface area contributed by atoms with Gasteiger partial charge in [0.1, 0.15) is 6.10 Å². The normalized spacial score (nSPS) is 16.8. The zero-order chi connectivity index (χ0) is 11.2. The van der Waals surface area contributed by atoms with Gasteiger partial charge < -0.3 is 10.1 Å². The topological polar surface area (TPSA) is 21.3 Å². The fourth-order valence-electron chi connectivity index (χ4n) is 2.00. The minimum Gasteiger partial charge on any atom is -0.468 e. The predicted octanol–water partition coefficient (Wildman–Crippen LogP) is 3.73. The van der Waals surface area contributed by atoms with E-state index in [4.69, 9.17) is 17.0 Å². The lowest BCUT2D eigenvalue weighted by atomic mass is 9.98. The number of benzene rings is 1. The first kappa shape index (κ1) is 11.4. The van der Waals surface area contributed by atoms with Crippen LogP contribution < -0.4 is 5.32 Å². The molecule has 0 amide bonds. The van der Waals surface area contributed by atoms with Gasteiger partial charge in [-0.05, 0) is 50.0 Å². The summed E-state index contributed by atoms with van der Waals surface area (Å²) in [5, 5.41) is 3.60. The average molecular weight is 235 g/mol. The van der Waals surface area contributed by atoms with E-state index in [-0.39, 0.29) is 0 Å². The number of hydrogen-bond donors (Lipinski definition) is 1. The fraction of sp³-hybridized carbons (Fsp3) is 0.462. The molecule has 2 rings (SSSR count). The van der Waals surface area contributed by atoms with E-state index in [1.54, 1.807) is 0 Å². The molecule has 16 heavy (non-hydrogen) atoms. The minimum absolute atomic E-state index is 0.317. The summed E-state index contributed by atoms with van der Waals surface area (Å²) in [5.74, 6) is 0. The van der Waals surface area contributed by atoms with Crippen LogP contribution in [0.4, 0.5) is 5.69 Å². The summed E-state index contributed by atoms with van der Waals surface area (Å²) < 4.78 is 5.72. The Balaban J connectivity index is 1.80. The van der Waals surface area contributed by atoms with Crippen molar-refractivity contribution in [3.63, 3.8) is 0 Å². The van der Waals surface area contributed by atoms with Crippen molar-refractivity contribution in [2.75, 3.05) is 5.32 Å². The quantitative estimate of drug-likeness (QED) is 0.789. The number of hydrogen-bond acceptors (Lipinski definition) is 2. The van der Waals surface area contributed by atoms with E-state index in [1.165, 1.54) is 19.3 Å². The first-order valence-electron chi connectivity index (χ1n) is 5.87. The lowest BCUT2D eigenvalue weighted by Crippen LogP contribution is -2.24. The van der Waals surface area contributed by atoms with Gasteiger partial charge in [-0.3, -0.25) is 0 Å². The maximum absolute atomic E-state index is 5.72. The molecule has 0 radical (unpaired) electrons. The molecule has 3 heteroatoms. The summed E-state index contributed by atoms with van der Waals surface area (Å²) in [7, 11) is 0. The first-order valence-corrected chi connectivity index (χ1v) is 6.28. The van der Waals surface area contributed by atoms with E-state index in [2.05, 4.69) is 5.32 Å². The van der Waals surface area contributed by atoms with Crippen LogP contribution in [-0.4, -0.2) is 11.3 Å². The molecule has 1 aromatic rings. The number of anilines is 1. The van der Waals surface area contributed by atoms with Gasteiger partial charge in [0.15, 0.2) is 0 Å². The maximum atomic E-state index is 5.72. The van der Waals surface area contributed by atoms with E-state index in [9.17, 15) is 0 Å². The van der Waals surface area contributed by atoms with Crippen molar-refractivity contribution in [1.82, 2.24) is 0 Å². The van der Waals surface area contributed by atoms with E-state index in [0.29, 0.717) is 11.3 Å². The van der Waals surface area contributed by atoms with Gasteiger partial charge in [0.2, 0.25) is 0 Å². The predicted molar refractivity (Wildman–Crippen MR) is 70.6 cm³/mol. The van der Waals surface area contributed by atoms with Crippen LogP contribution >= 0.6 is 12.2 Å². The van der Waals surface area contributed by atoms with Crippen LogP contribution in [0, 0.1) is 0 Å². The molecule has 0 saturated heterocycles. The Bertz CT molecular complexity index is 333. The Morgan fingerprint density at radius 2 is 1.81 bits per heavy atom. The number of nitrogens with one attached hydrogen (secondary N) is 1. The van der Waals surface area contributed by atoms with Crippen LogP contribution in [0.25, 0.3) is 0 Å². The molecule has 0 aliphatic heterocycles. The van der Waals surface area contributed by atoms with E-state index >= 15 is 0 Å². The zero-order valence-corrected chi connectivity index (χ0v) is 10.1. The number of rotatable bonds is 2. The zero-order valence-electron chi connectivity index (χ0n) is 9.32. The van der Waals surface area contributed by atoms with Crippen LogP contribution in [0.5, 0.6) is 0 Å². The lowest BCUT2D eigenvalue weighted by Gasteiger charge is -2.23. The molecule has 0 heterocycles. The molecule has 0 spiro atoms. The van der Waals surface area contributed by atoms with Crippen molar-refractivity contribution in [2.24, 2.45) is 0 Å². The number of thiocarbonyl (C=S) groups is 1. The van der Waals surface area contributed by atoms with Crippen LogP contribution in [0.1, 0.15) is 32.1 Å². The van der Waals surface area contributed by atoms with Crippen molar-refractivity contribution < 1.29 is 4.74 Å². The molecule has 1 saturated carbocycles. The molecule has 1 aliphatic rings. The van der Waals surface area contributed by atoms with Crippen LogP contribution in [0.2, 0.25) is 0 Å². The SMILES string of the molecule is S=C(Nc1ccccc1)OC1CCCCC1. The molecule has 0 atom stereocenters.